The van der Waals surface area contributed by atoms with Gasteiger partial charge in [-0.3, -0.25) is 23.4 Å². The lowest BCUT2D eigenvalue weighted by Gasteiger charge is -2.20. The van der Waals surface area contributed by atoms with Gasteiger partial charge >= 0.3 is 25.7 Å². The normalized spacial score (nSPS) is 13.6. The van der Waals surface area contributed by atoms with Crippen molar-refractivity contribution < 1.29 is 56.3 Å². The Balaban J connectivity index is 1.67. The van der Waals surface area contributed by atoms with E-state index < -0.39 is 51.1 Å². The lowest BCUT2D eigenvalue weighted by molar-refractivity contribution is -0.161. The summed E-state index contributed by atoms with van der Waals surface area (Å²) in [6, 6.07) is -1.54. The molecule has 13 nitrogen and oxygen atoms in total. The quantitative estimate of drug-likeness (QED) is 0.0332. The number of carbonyl (C=O) groups excluding carboxylic acids is 2. The average molecular weight is 868 g/mol. The molecule has 0 aliphatic carbocycles. The van der Waals surface area contributed by atoms with Gasteiger partial charge in [0.1, 0.15) is 35.7 Å². The smallest absolute Gasteiger partial charge is 0.472 e. The lowest BCUT2D eigenvalue weighted by Crippen LogP contribution is -2.34. The van der Waals surface area contributed by atoms with Crippen LogP contribution in [0.5, 0.6) is 0 Å². The van der Waals surface area contributed by atoms with Gasteiger partial charge in [0.2, 0.25) is 0 Å². The van der Waals surface area contributed by atoms with Crippen molar-refractivity contribution in [2.75, 3.05) is 19.8 Å². The highest BCUT2D eigenvalue weighted by Crippen LogP contribution is 2.43. The highest BCUT2D eigenvalue weighted by molar-refractivity contribution is 7.47. The number of aryl methyl sites for hydroxylation is 4. The topological polar surface area (TPSA) is 198 Å². The van der Waals surface area contributed by atoms with Crippen molar-refractivity contribution in [1.29, 1.82) is 0 Å². The number of carbonyl (C=O) groups is 3. The maximum atomic E-state index is 12.7. The fraction of sp³-hybridized carbons (Fsp3) is 0.761. The van der Waals surface area contributed by atoms with E-state index in [2.05, 4.69) is 46.1 Å². The van der Waals surface area contributed by atoms with Crippen LogP contribution in [0.4, 0.5) is 0 Å². The summed E-state index contributed by atoms with van der Waals surface area (Å²) < 4.78 is 45.2. The highest BCUT2D eigenvalue weighted by atomic mass is 31.2. The first-order chi connectivity index (χ1) is 28.7. The number of rotatable bonds is 36. The number of furan rings is 2. The third kappa shape index (κ3) is 21.7. The molecule has 3 unspecified atom stereocenters. The zero-order valence-electron chi connectivity index (χ0n) is 37.7. The number of carboxylic acids is 1. The van der Waals surface area contributed by atoms with E-state index in [4.69, 9.17) is 33.7 Å². The molecule has 2 aromatic rings. The second kappa shape index (κ2) is 30.1. The molecule has 4 N–H and O–H groups in total. The summed E-state index contributed by atoms with van der Waals surface area (Å²) in [7, 11) is -4.74. The summed E-state index contributed by atoms with van der Waals surface area (Å²) in [6.07, 6.45) is 21.5. The van der Waals surface area contributed by atoms with Crippen LogP contribution in [0.3, 0.4) is 0 Å². The maximum absolute atomic E-state index is 12.7. The first-order valence-corrected chi connectivity index (χ1v) is 24.3. The number of hydrogen-bond donors (Lipinski definition) is 3. The van der Waals surface area contributed by atoms with E-state index in [9.17, 15) is 23.8 Å². The van der Waals surface area contributed by atoms with Crippen LogP contribution in [-0.4, -0.2) is 59.9 Å². The number of esters is 2. The molecular weight excluding hydrogens is 789 g/mol. The Morgan fingerprint density at radius 1 is 0.567 bits per heavy atom. The SMILES string of the molecule is CCCCCc1oc(CCCCCCCCCCC(=O)OCC(COP(=O)(O)OCC(N)C(=O)O)OC(=O)CCCCCCCCc2oc(CCC)c(C)c2C)c(C)c1C. The van der Waals surface area contributed by atoms with Crippen LogP contribution in [-0.2, 0) is 63.2 Å². The van der Waals surface area contributed by atoms with Gasteiger partial charge in [-0.25, -0.2) is 4.57 Å². The molecule has 0 aliphatic rings. The van der Waals surface area contributed by atoms with E-state index in [1.54, 1.807) is 0 Å². The summed E-state index contributed by atoms with van der Waals surface area (Å²) in [5.74, 6) is 2.05. The van der Waals surface area contributed by atoms with Crippen molar-refractivity contribution in [3.63, 3.8) is 0 Å². The largest absolute Gasteiger partial charge is 0.480 e. The second-order valence-corrected chi connectivity index (χ2v) is 17.8. The van der Waals surface area contributed by atoms with Crippen molar-refractivity contribution in [3.8, 4) is 0 Å². The molecule has 3 atom stereocenters. The summed E-state index contributed by atoms with van der Waals surface area (Å²) >= 11 is 0. The minimum atomic E-state index is -4.74. The molecule has 60 heavy (non-hydrogen) atoms. The van der Waals surface area contributed by atoms with E-state index in [0.717, 1.165) is 132 Å². The molecule has 0 aliphatic heterocycles. The molecule has 0 radical (unpaired) electrons. The van der Waals surface area contributed by atoms with E-state index in [1.807, 2.05) is 0 Å². The van der Waals surface area contributed by atoms with Gasteiger partial charge in [-0.15, -0.1) is 0 Å². The first kappa shape index (κ1) is 53.2. The van der Waals surface area contributed by atoms with E-state index in [-0.39, 0.29) is 19.4 Å². The van der Waals surface area contributed by atoms with E-state index >= 15 is 0 Å². The van der Waals surface area contributed by atoms with E-state index in [1.165, 1.54) is 41.5 Å². The fourth-order valence-electron chi connectivity index (χ4n) is 7.11. The Kier molecular flexibility index (Phi) is 26.7. The van der Waals surface area contributed by atoms with Crippen LogP contribution < -0.4 is 5.73 Å². The summed E-state index contributed by atoms with van der Waals surface area (Å²) in [6.45, 7) is 11.2. The van der Waals surface area contributed by atoms with Crippen molar-refractivity contribution in [3.05, 3.63) is 45.3 Å². The summed E-state index contributed by atoms with van der Waals surface area (Å²) in [5, 5.41) is 8.92. The van der Waals surface area contributed by atoms with Crippen molar-refractivity contribution in [2.45, 2.75) is 208 Å². The Morgan fingerprint density at radius 2 is 0.967 bits per heavy atom. The number of phosphoric acid groups is 1. The van der Waals surface area contributed by atoms with Gasteiger partial charge in [0.15, 0.2) is 6.10 Å². The van der Waals surface area contributed by atoms with Crippen LogP contribution in [0.25, 0.3) is 0 Å². The van der Waals surface area contributed by atoms with Gasteiger partial charge < -0.3 is 34.0 Å². The number of carboxylic acid groups (broad SMARTS) is 1. The van der Waals surface area contributed by atoms with E-state index in [0.29, 0.717) is 12.8 Å². The standard InChI is InChI=1S/C46H78NO12P/c1-7-9-20-26-41-36(5)37(6)43(59-41)28-21-16-12-10-11-13-18-23-29-44(48)54-31-38(32-55-60(52,53)56-33-39(47)46(50)51)57-45(49)30-24-19-15-14-17-22-27-42-35(4)34(3)40(58-42)25-8-2/h38-39H,7-33,47H2,1-6H3,(H,50,51)(H,52,53). The van der Waals surface area contributed by atoms with Crippen molar-refractivity contribution in [2.24, 2.45) is 5.73 Å². The van der Waals surface area contributed by atoms with Crippen LogP contribution >= 0.6 is 7.82 Å². The molecule has 344 valence electrons. The lowest BCUT2D eigenvalue weighted by atomic mass is 10.0. The molecular formula is C46H78NO12P. The van der Waals surface area contributed by atoms with Gasteiger partial charge in [0.25, 0.3) is 0 Å². The number of ether oxygens (including phenoxy) is 2. The number of hydrogen-bond acceptors (Lipinski definition) is 11. The second-order valence-electron chi connectivity index (χ2n) is 16.4. The average Bonchev–Trinajstić information content (AvgIpc) is 3.64. The molecule has 2 heterocycles. The maximum Gasteiger partial charge on any atom is 0.472 e. The molecule has 0 saturated carbocycles. The highest BCUT2D eigenvalue weighted by Gasteiger charge is 2.28. The number of nitrogens with two attached hydrogens (primary N) is 1. The van der Waals surface area contributed by atoms with Gasteiger partial charge in [-0.1, -0.05) is 90.9 Å². The third-order valence-corrected chi connectivity index (χ3v) is 12.2. The zero-order chi connectivity index (χ0) is 44.3. The Morgan fingerprint density at radius 3 is 1.42 bits per heavy atom. The predicted octanol–water partition coefficient (Wildman–Crippen LogP) is 10.8. The number of phosphoric ester groups is 1. The van der Waals surface area contributed by atoms with Crippen LogP contribution in [0.2, 0.25) is 0 Å². The number of unbranched alkanes of at least 4 members (excludes halogenated alkanes) is 14. The molecule has 0 bridgehead atoms. The molecule has 0 spiro atoms. The molecule has 2 rings (SSSR count). The number of aliphatic carboxylic acids is 1. The van der Waals surface area contributed by atoms with Gasteiger partial charge in [-0.2, -0.15) is 0 Å². The first-order valence-electron chi connectivity index (χ1n) is 22.8. The van der Waals surface area contributed by atoms with Crippen LogP contribution in [0.1, 0.15) is 188 Å². The van der Waals surface area contributed by atoms with Crippen LogP contribution in [0, 0.1) is 27.7 Å². The summed E-state index contributed by atoms with van der Waals surface area (Å²) in [5.41, 5.74) is 10.5. The minimum Gasteiger partial charge on any atom is -0.480 e. The molecule has 2 aromatic heterocycles. The molecule has 0 fully saturated rings. The molecule has 0 saturated heterocycles. The van der Waals surface area contributed by atoms with Crippen LogP contribution in [0.15, 0.2) is 8.83 Å². The van der Waals surface area contributed by atoms with Gasteiger partial charge in [0.05, 0.1) is 13.2 Å². The third-order valence-electron chi connectivity index (χ3n) is 11.2. The predicted molar refractivity (Wildman–Crippen MR) is 233 cm³/mol. The Bertz CT molecular complexity index is 1580. The summed E-state index contributed by atoms with van der Waals surface area (Å²) in [4.78, 5) is 46.3. The van der Waals surface area contributed by atoms with Gasteiger partial charge in [0, 0.05) is 38.5 Å². The Labute approximate surface area is 359 Å². The van der Waals surface area contributed by atoms with Crippen molar-refractivity contribution in [1.82, 2.24) is 0 Å². The molecule has 0 aromatic carbocycles. The minimum absolute atomic E-state index is 0.125. The molecule has 0 amide bonds. The zero-order valence-corrected chi connectivity index (χ0v) is 38.6. The van der Waals surface area contributed by atoms with Gasteiger partial charge in [-0.05, 0) is 88.5 Å². The molecule has 14 heteroatoms. The van der Waals surface area contributed by atoms with Crippen molar-refractivity contribution >= 4 is 25.7 Å². The monoisotopic (exact) mass is 868 g/mol. The Hall–Kier alpha value is -2.96. The fourth-order valence-corrected chi connectivity index (χ4v) is 7.89.